The lowest BCUT2D eigenvalue weighted by atomic mass is 10.1. The summed E-state index contributed by atoms with van der Waals surface area (Å²) >= 11 is 0. The van der Waals surface area contributed by atoms with Crippen LogP contribution in [0, 0.1) is 0 Å². The molecule has 0 aromatic rings. The van der Waals surface area contributed by atoms with Gasteiger partial charge in [0.15, 0.2) is 6.10 Å². The molecule has 0 heterocycles. The van der Waals surface area contributed by atoms with E-state index in [2.05, 4.69) is 106 Å². The average molecular weight is 1060 g/mol. The predicted octanol–water partition coefficient (Wildman–Crippen LogP) is 17.3. The number of allylic oxidation sites excluding steroid dienone is 16. The summed E-state index contributed by atoms with van der Waals surface area (Å²) in [6, 6.07) is 0. The summed E-state index contributed by atoms with van der Waals surface area (Å²) in [6.07, 6.45) is 65.1. The van der Waals surface area contributed by atoms with Crippen molar-refractivity contribution in [2.45, 2.75) is 251 Å². The second kappa shape index (κ2) is 55.6. The smallest absolute Gasteiger partial charge is 0.462 e. The number of aliphatic hydroxyl groups is 1. The quantitative estimate of drug-likeness (QED) is 0.0197. The lowest BCUT2D eigenvalue weighted by Crippen LogP contribution is -2.30. The van der Waals surface area contributed by atoms with Crippen molar-refractivity contribution in [2.24, 2.45) is 0 Å². The Kier molecular flexibility index (Phi) is 52.9. The predicted molar refractivity (Wildman–Crippen MR) is 307 cm³/mol. The van der Waals surface area contributed by atoms with Crippen LogP contribution in [0.3, 0.4) is 0 Å². The van der Waals surface area contributed by atoms with Crippen LogP contribution >= 0.6 is 7.82 Å². The van der Waals surface area contributed by atoms with E-state index in [0.717, 1.165) is 116 Å². The topological polar surface area (TPSA) is 155 Å². The van der Waals surface area contributed by atoms with E-state index >= 15 is 0 Å². The summed E-state index contributed by atoms with van der Waals surface area (Å²) in [5.41, 5.74) is 0. The van der Waals surface area contributed by atoms with Gasteiger partial charge in [-0.2, -0.15) is 0 Å². The van der Waals surface area contributed by atoms with Gasteiger partial charge in [0.05, 0.1) is 19.8 Å². The molecule has 0 aliphatic rings. The van der Waals surface area contributed by atoms with E-state index in [4.69, 9.17) is 23.3 Å². The minimum Gasteiger partial charge on any atom is -0.462 e. The Bertz CT molecular complexity index is 1610. The third-order valence-corrected chi connectivity index (χ3v) is 12.9. The van der Waals surface area contributed by atoms with Crippen LogP contribution in [0.4, 0.5) is 0 Å². The second-order valence-corrected chi connectivity index (χ2v) is 20.5. The summed E-state index contributed by atoms with van der Waals surface area (Å²) in [6.45, 7) is 4.41. The largest absolute Gasteiger partial charge is 0.472 e. The fourth-order valence-corrected chi connectivity index (χ4v) is 8.32. The van der Waals surface area contributed by atoms with Crippen molar-refractivity contribution >= 4 is 25.7 Å². The van der Waals surface area contributed by atoms with Gasteiger partial charge in [0, 0.05) is 19.3 Å². The SMILES string of the molecule is CC/C=C\C/C=C\C/C=C\C/C=C\C/C=C\CCCC(=O)OC(COC(=O)CCCCCCC/C=C\C/C=C\CCCCC)COP(=O)(O)OCC(CO)OC(=O)CCCCCCC/C=C\CCCCCCCC. The van der Waals surface area contributed by atoms with Gasteiger partial charge in [0.2, 0.25) is 0 Å². The van der Waals surface area contributed by atoms with Crippen LogP contribution in [0.2, 0.25) is 0 Å². The van der Waals surface area contributed by atoms with Crippen LogP contribution in [0.25, 0.3) is 0 Å². The maximum atomic E-state index is 12.9. The second-order valence-electron chi connectivity index (χ2n) is 19.1. The van der Waals surface area contributed by atoms with Gasteiger partial charge in [-0.3, -0.25) is 23.4 Å². The third-order valence-electron chi connectivity index (χ3n) is 12.0. The van der Waals surface area contributed by atoms with Crippen molar-refractivity contribution in [3.63, 3.8) is 0 Å². The van der Waals surface area contributed by atoms with Crippen LogP contribution in [0.15, 0.2) is 97.2 Å². The number of aliphatic hydroxyl groups excluding tert-OH is 1. The molecule has 2 N–H and O–H groups in total. The van der Waals surface area contributed by atoms with E-state index in [0.29, 0.717) is 25.7 Å². The molecule has 74 heavy (non-hydrogen) atoms. The molecule has 3 unspecified atom stereocenters. The van der Waals surface area contributed by atoms with Crippen molar-refractivity contribution in [2.75, 3.05) is 26.4 Å². The maximum absolute atomic E-state index is 12.9. The zero-order valence-electron chi connectivity index (χ0n) is 46.8. The first-order chi connectivity index (χ1) is 36.2. The highest BCUT2D eigenvalue weighted by atomic mass is 31.2. The molecule has 0 saturated carbocycles. The van der Waals surface area contributed by atoms with Crippen molar-refractivity contribution in [3.8, 4) is 0 Å². The van der Waals surface area contributed by atoms with Gasteiger partial charge in [-0.1, -0.05) is 201 Å². The van der Waals surface area contributed by atoms with Gasteiger partial charge in [-0.15, -0.1) is 0 Å². The minimum absolute atomic E-state index is 0.0819. The number of hydrogen-bond donors (Lipinski definition) is 2. The number of phosphoric ester groups is 1. The molecule has 0 aliphatic heterocycles. The van der Waals surface area contributed by atoms with E-state index < -0.39 is 57.8 Å². The fraction of sp³-hybridized carbons (Fsp3) is 0.694. The summed E-state index contributed by atoms with van der Waals surface area (Å²) in [5, 5.41) is 9.82. The van der Waals surface area contributed by atoms with Gasteiger partial charge in [0.1, 0.15) is 12.7 Å². The standard InChI is InChI=1S/C62H105O11P/c1-4-7-10-13-16-19-22-25-28-29-32-35-38-41-44-47-50-53-62(66)73-59(55-69-60(64)51-48-45-42-39-36-33-30-26-23-20-17-14-11-8-5-2)57-71-74(67,68)70-56-58(54-63)72-61(65)52-49-46-43-40-37-34-31-27-24-21-18-15-12-9-6-3/h7,10,16-17,19-20,25-28,30-32,35,41,44,58-59,63H,4-6,8-9,11-15,18,21-24,29,33-34,36-40,42-43,45-57H2,1-3H3,(H,67,68)/b10-7-,19-16-,20-17-,28-25-,30-26-,31-27-,35-32-,44-41-. The maximum Gasteiger partial charge on any atom is 0.472 e. The zero-order valence-corrected chi connectivity index (χ0v) is 47.7. The van der Waals surface area contributed by atoms with Crippen molar-refractivity contribution in [1.82, 2.24) is 0 Å². The van der Waals surface area contributed by atoms with E-state index in [9.17, 15) is 28.9 Å². The molecule has 0 spiro atoms. The average Bonchev–Trinajstić information content (AvgIpc) is 3.39. The van der Waals surface area contributed by atoms with Gasteiger partial charge in [-0.05, 0) is 116 Å². The molecule has 11 nitrogen and oxygen atoms in total. The van der Waals surface area contributed by atoms with Gasteiger partial charge in [0.25, 0.3) is 0 Å². The number of ether oxygens (including phenoxy) is 3. The summed E-state index contributed by atoms with van der Waals surface area (Å²) in [4.78, 5) is 48.5. The van der Waals surface area contributed by atoms with Gasteiger partial charge >= 0.3 is 25.7 Å². The monoisotopic (exact) mass is 1060 g/mol. The molecule has 12 heteroatoms. The molecule has 0 aromatic heterocycles. The summed E-state index contributed by atoms with van der Waals surface area (Å²) < 4.78 is 39.4. The zero-order chi connectivity index (χ0) is 54.1. The number of carbonyl (C=O) groups excluding carboxylic acids is 3. The summed E-state index contributed by atoms with van der Waals surface area (Å²) in [7, 11) is -4.77. The molecule has 0 rings (SSSR count). The number of unbranched alkanes of at least 4 members (excludes halogenated alkanes) is 20. The third kappa shape index (κ3) is 53.2. The highest BCUT2D eigenvalue weighted by Crippen LogP contribution is 2.43. The molecule has 0 bridgehead atoms. The Hall–Kier alpha value is -3.60. The Morgan fingerprint density at radius 2 is 0.716 bits per heavy atom. The molecule has 0 saturated heterocycles. The van der Waals surface area contributed by atoms with Crippen molar-refractivity contribution in [3.05, 3.63) is 97.2 Å². The number of hydrogen-bond acceptors (Lipinski definition) is 10. The Morgan fingerprint density at radius 3 is 1.18 bits per heavy atom. The Morgan fingerprint density at radius 1 is 0.392 bits per heavy atom. The first-order valence-corrected chi connectivity index (χ1v) is 30.6. The molecule has 0 aliphatic carbocycles. The van der Waals surface area contributed by atoms with Gasteiger partial charge in [-0.25, -0.2) is 4.57 Å². The van der Waals surface area contributed by atoms with Crippen LogP contribution in [-0.4, -0.2) is 66.5 Å². The fourth-order valence-electron chi connectivity index (χ4n) is 7.53. The van der Waals surface area contributed by atoms with E-state index in [1.165, 1.54) is 57.8 Å². The molecule has 0 aromatic carbocycles. The van der Waals surface area contributed by atoms with Crippen LogP contribution in [-0.2, 0) is 42.2 Å². The lowest BCUT2D eigenvalue weighted by Gasteiger charge is -2.21. The van der Waals surface area contributed by atoms with Crippen LogP contribution in [0.1, 0.15) is 239 Å². The van der Waals surface area contributed by atoms with Crippen LogP contribution in [0.5, 0.6) is 0 Å². The first-order valence-electron chi connectivity index (χ1n) is 29.1. The number of carbonyl (C=O) groups is 3. The minimum atomic E-state index is -4.77. The lowest BCUT2D eigenvalue weighted by molar-refractivity contribution is -0.161. The molecular formula is C62H105O11P. The van der Waals surface area contributed by atoms with E-state index in [1.54, 1.807) is 0 Å². The highest BCUT2D eigenvalue weighted by Gasteiger charge is 2.28. The number of esters is 3. The number of phosphoric acid groups is 1. The molecule has 0 fully saturated rings. The van der Waals surface area contributed by atoms with Crippen LogP contribution < -0.4 is 0 Å². The molecule has 0 radical (unpaired) electrons. The van der Waals surface area contributed by atoms with Crippen molar-refractivity contribution < 1.29 is 52.2 Å². The molecule has 0 amide bonds. The summed E-state index contributed by atoms with van der Waals surface area (Å²) in [5.74, 6) is -1.57. The molecular weight excluding hydrogens is 952 g/mol. The van der Waals surface area contributed by atoms with E-state index in [-0.39, 0.29) is 25.9 Å². The van der Waals surface area contributed by atoms with Gasteiger partial charge < -0.3 is 24.2 Å². The normalized spacial score (nSPS) is 14.1. The Labute approximate surface area is 451 Å². The molecule has 3 atom stereocenters. The van der Waals surface area contributed by atoms with E-state index in [1.807, 2.05) is 12.2 Å². The van der Waals surface area contributed by atoms with Crippen molar-refractivity contribution in [1.29, 1.82) is 0 Å². The molecule has 424 valence electrons. The highest BCUT2D eigenvalue weighted by molar-refractivity contribution is 7.47. The Balaban J connectivity index is 4.84. The number of rotatable bonds is 53. The first kappa shape index (κ1) is 70.4.